The van der Waals surface area contributed by atoms with E-state index in [2.05, 4.69) is 22.6 Å². The van der Waals surface area contributed by atoms with Crippen molar-refractivity contribution in [1.82, 2.24) is 10.3 Å². The van der Waals surface area contributed by atoms with Crippen molar-refractivity contribution in [2.75, 3.05) is 13.2 Å². The fourth-order valence-electron chi connectivity index (χ4n) is 3.01. The van der Waals surface area contributed by atoms with Crippen LogP contribution in [0.15, 0.2) is 5.38 Å². The first-order valence-corrected chi connectivity index (χ1v) is 8.47. The van der Waals surface area contributed by atoms with Crippen LogP contribution in [0, 0.1) is 12.8 Å². The fourth-order valence-corrected chi connectivity index (χ4v) is 3.75. The van der Waals surface area contributed by atoms with Gasteiger partial charge in [0.15, 0.2) is 5.79 Å². The maximum Gasteiger partial charge on any atom is 0.168 e. The van der Waals surface area contributed by atoms with Gasteiger partial charge in [0.25, 0.3) is 0 Å². The van der Waals surface area contributed by atoms with Crippen LogP contribution in [0.1, 0.15) is 43.3 Å². The van der Waals surface area contributed by atoms with Gasteiger partial charge in [-0.2, -0.15) is 0 Å². The molecule has 2 aliphatic rings. The molecule has 20 heavy (non-hydrogen) atoms. The molecular weight excluding hydrogens is 272 g/mol. The maximum atomic E-state index is 6.18. The number of nitrogens with zero attached hydrogens (tertiary/aromatic N) is 1. The smallest absolute Gasteiger partial charge is 0.168 e. The van der Waals surface area contributed by atoms with Crippen LogP contribution in [0.4, 0.5) is 0 Å². The second-order valence-corrected chi connectivity index (χ2v) is 7.10. The first kappa shape index (κ1) is 14.4. The Bertz CT molecular complexity index is 441. The minimum absolute atomic E-state index is 0.185. The topological polar surface area (TPSA) is 43.4 Å². The highest BCUT2D eigenvalue weighted by Gasteiger charge is 2.43. The lowest BCUT2D eigenvalue weighted by Crippen LogP contribution is -2.37. The number of rotatable bonds is 4. The lowest BCUT2D eigenvalue weighted by molar-refractivity contribution is -0.191. The zero-order chi connectivity index (χ0) is 14.0. The Morgan fingerprint density at radius 2 is 2.25 bits per heavy atom. The monoisotopic (exact) mass is 296 g/mol. The molecule has 1 saturated carbocycles. The van der Waals surface area contributed by atoms with Crippen LogP contribution in [0.3, 0.4) is 0 Å². The Balaban J connectivity index is 1.42. The number of nitrogens with one attached hydrogen (secondary N) is 1. The predicted octanol–water partition coefficient (Wildman–Crippen LogP) is 2.86. The normalized spacial score (nSPS) is 33.9. The SMILES string of the molecule is Cc1csc(CNC[C@H]2COC3(CCC(C)CC3)O2)n1. The summed E-state index contributed by atoms with van der Waals surface area (Å²) in [6.45, 7) is 6.73. The second-order valence-electron chi connectivity index (χ2n) is 6.16. The molecule has 1 aromatic heterocycles. The molecule has 1 saturated heterocycles. The summed E-state index contributed by atoms with van der Waals surface area (Å²) < 4.78 is 12.2. The van der Waals surface area contributed by atoms with Gasteiger partial charge in [-0.1, -0.05) is 6.92 Å². The fraction of sp³-hybridized carbons (Fsp3) is 0.800. The molecule has 0 bridgehead atoms. The van der Waals surface area contributed by atoms with Gasteiger partial charge in [0.1, 0.15) is 5.01 Å². The number of hydrogen-bond donors (Lipinski definition) is 1. The van der Waals surface area contributed by atoms with Crippen LogP contribution in [-0.4, -0.2) is 30.0 Å². The summed E-state index contributed by atoms with van der Waals surface area (Å²) in [6.07, 6.45) is 4.73. The van der Waals surface area contributed by atoms with Crippen LogP contribution in [-0.2, 0) is 16.0 Å². The van der Waals surface area contributed by atoms with Gasteiger partial charge in [-0.15, -0.1) is 11.3 Å². The summed E-state index contributed by atoms with van der Waals surface area (Å²) in [5.74, 6) is 0.550. The molecule has 1 N–H and O–H groups in total. The Morgan fingerprint density at radius 1 is 1.45 bits per heavy atom. The zero-order valence-corrected chi connectivity index (χ0v) is 13.2. The summed E-state index contributed by atoms with van der Waals surface area (Å²) in [5, 5.41) is 6.66. The van der Waals surface area contributed by atoms with E-state index >= 15 is 0 Å². The van der Waals surface area contributed by atoms with E-state index in [4.69, 9.17) is 9.47 Å². The summed E-state index contributed by atoms with van der Waals surface area (Å²) in [6, 6.07) is 0. The predicted molar refractivity (Wildman–Crippen MR) is 79.7 cm³/mol. The molecule has 1 aliphatic carbocycles. The standard InChI is InChI=1S/C15H24N2O2S/c1-11-3-5-15(6-4-11)18-9-13(19-15)7-16-8-14-17-12(2)10-20-14/h10-11,13,16H,3-9H2,1-2H3/t11?,13-,15?/m0/s1. The molecule has 5 heteroatoms. The van der Waals surface area contributed by atoms with E-state index < -0.39 is 0 Å². The van der Waals surface area contributed by atoms with Gasteiger partial charge in [-0.25, -0.2) is 4.98 Å². The van der Waals surface area contributed by atoms with Crippen molar-refractivity contribution in [3.05, 3.63) is 16.1 Å². The molecule has 2 heterocycles. The molecule has 1 aromatic rings. The van der Waals surface area contributed by atoms with Crippen LogP contribution in [0.5, 0.6) is 0 Å². The van der Waals surface area contributed by atoms with Gasteiger partial charge in [-0.05, 0) is 25.7 Å². The van der Waals surface area contributed by atoms with E-state index in [9.17, 15) is 0 Å². The first-order chi connectivity index (χ1) is 9.65. The highest BCUT2D eigenvalue weighted by atomic mass is 32.1. The molecule has 1 atom stereocenters. The largest absolute Gasteiger partial charge is 0.347 e. The summed E-state index contributed by atoms with van der Waals surface area (Å²) in [7, 11) is 0. The average molecular weight is 296 g/mol. The molecule has 0 amide bonds. The number of aromatic nitrogens is 1. The Hall–Kier alpha value is -0.490. The van der Waals surface area contributed by atoms with E-state index in [1.165, 1.54) is 12.8 Å². The van der Waals surface area contributed by atoms with E-state index in [0.29, 0.717) is 0 Å². The van der Waals surface area contributed by atoms with Gasteiger partial charge in [0.05, 0.1) is 12.7 Å². The maximum absolute atomic E-state index is 6.18. The Morgan fingerprint density at radius 3 is 2.95 bits per heavy atom. The molecule has 0 radical (unpaired) electrons. The molecule has 3 rings (SSSR count). The van der Waals surface area contributed by atoms with Crippen molar-refractivity contribution in [3.8, 4) is 0 Å². The zero-order valence-electron chi connectivity index (χ0n) is 12.4. The molecule has 0 aromatic carbocycles. The average Bonchev–Trinajstić information content (AvgIpc) is 3.02. The summed E-state index contributed by atoms with van der Waals surface area (Å²) in [5.41, 5.74) is 1.10. The third-order valence-electron chi connectivity index (χ3n) is 4.26. The van der Waals surface area contributed by atoms with Crippen molar-refractivity contribution in [1.29, 1.82) is 0 Å². The number of thiazole rings is 1. The number of hydrogen-bond acceptors (Lipinski definition) is 5. The molecule has 2 fully saturated rings. The van der Waals surface area contributed by atoms with Gasteiger partial charge < -0.3 is 14.8 Å². The van der Waals surface area contributed by atoms with Crippen molar-refractivity contribution in [3.63, 3.8) is 0 Å². The summed E-state index contributed by atoms with van der Waals surface area (Å²) in [4.78, 5) is 4.45. The third kappa shape index (κ3) is 3.39. The Kier molecular flexibility index (Phi) is 4.40. The van der Waals surface area contributed by atoms with Gasteiger partial charge in [0, 0.05) is 37.0 Å². The van der Waals surface area contributed by atoms with E-state index in [0.717, 1.165) is 49.2 Å². The minimum atomic E-state index is -0.267. The van der Waals surface area contributed by atoms with Crippen molar-refractivity contribution >= 4 is 11.3 Å². The lowest BCUT2D eigenvalue weighted by atomic mass is 9.86. The molecule has 0 unspecified atom stereocenters. The quantitative estimate of drug-likeness (QED) is 0.928. The van der Waals surface area contributed by atoms with Gasteiger partial charge in [-0.3, -0.25) is 0 Å². The van der Waals surface area contributed by atoms with Crippen molar-refractivity contribution in [2.45, 2.75) is 58.0 Å². The lowest BCUT2D eigenvalue weighted by Gasteiger charge is -2.34. The molecule has 1 aliphatic heterocycles. The molecule has 112 valence electrons. The molecule has 1 spiro atoms. The summed E-state index contributed by atoms with van der Waals surface area (Å²) >= 11 is 1.71. The number of aryl methyl sites for hydroxylation is 1. The van der Waals surface area contributed by atoms with E-state index in [-0.39, 0.29) is 11.9 Å². The van der Waals surface area contributed by atoms with Crippen molar-refractivity contribution in [2.24, 2.45) is 5.92 Å². The van der Waals surface area contributed by atoms with Gasteiger partial charge in [0.2, 0.25) is 0 Å². The highest BCUT2D eigenvalue weighted by Crippen LogP contribution is 2.39. The Labute approximate surface area is 124 Å². The van der Waals surface area contributed by atoms with Crippen LogP contribution in [0.2, 0.25) is 0 Å². The minimum Gasteiger partial charge on any atom is -0.347 e. The van der Waals surface area contributed by atoms with Gasteiger partial charge >= 0.3 is 0 Å². The molecular formula is C15H24N2O2S. The molecule has 4 nitrogen and oxygen atoms in total. The van der Waals surface area contributed by atoms with E-state index in [1.807, 2.05) is 6.92 Å². The second kappa shape index (κ2) is 6.10. The van der Waals surface area contributed by atoms with E-state index in [1.54, 1.807) is 11.3 Å². The third-order valence-corrected chi connectivity index (χ3v) is 5.23. The van der Waals surface area contributed by atoms with Crippen LogP contribution < -0.4 is 5.32 Å². The van der Waals surface area contributed by atoms with Crippen molar-refractivity contribution < 1.29 is 9.47 Å². The number of ether oxygens (including phenoxy) is 2. The highest BCUT2D eigenvalue weighted by molar-refractivity contribution is 7.09. The first-order valence-electron chi connectivity index (χ1n) is 7.59. The van der Waals surface area contributed by atoms with Crippen LogP contribution in [0.25, 0.3) is 0 Å². The van der Waals surface area contributed by atoms with Crippen LogP contribution >= 0.6 is 11.3 Å².